The Morgan fingerprint density at radius 2 is 2.00 bits per heavy atom. The van der Waals surface area contributed by atoms with Crippen LogP contribution >= 0.6 is 0 Å². The third-order valence-electron chi connectivity index (χ3n) is 4.85. The number of carbonyl (C=O) groups excluding carboxylic acids is 2. The van der Waals surface area contributed by atoms with E-state index in [1.165, 1.54) is 12.8 Å². The molecule has 1 atom stereocenters. The Hall–Kier alpha value is -2.83. The monoisotopic (exact) mass is 383 g/mol. The number of hydrogen-bond acceptors (Lipinski definition) is 4. The third kappa shape index (κ3) is 6.11. The highest BCUT2D eigenvalue weighted by atomic mass is 16.2. The molecule has 0 bridgehead atoms. The van der Waals surface area contributed by atoms with Crippen molar-refractivity contribution >= 4 is 23.2 Å². The van der Waals surface area contributed by atoms with Crippen LogP contribution < -0.4 is 15.5 Å². The lowest BCUT2D eigenvalue weighted by Gasteiger charge is -2.19. The molecule has 0 aliphatic carbocycles. The number of rotatable bonds is 9. The fourth-order valence-corrected chi connectivity index (χ4v) is 3.48. The van der Waals surface area contributed by atoms with E-state index in [4.69, 9.17) is 0 Å². The summed E-state index contributed by atoms with van der Waals surface area (Å²) in [7, 11) is 0. The number of nitrogens with zero attached hydrogens (tertiary/aromatic N) is 3. The standard InChI is InChI=1S/C21H29N5O2/c1-17(23-20(27)9-5-13-26-14-6-10-22-26)15-21(28)24-18-7-4-8-19(16-18)25-11-2-3-12-25/h4,6-8,10,14,16-17H,2-3,5,9,11-13,15H2,1H3,(H,23,27)(H,24,28). The van der Waals surface area contributed by atoms with E-state index in [1.54, 1.807) is 10.9 Å². The molecule has 0 spiro atoms. The van der Waals surface area contributed by atoms with Gasteiger partial charge in [0.1, 0.15) is 0 Å². The van der Waals surface area contributed by atoms with E-state index in [9.17, 15) is 9.59 Å². The van der Waals surface area contributed by atoms with Crippen molar-refractivity contribution in [1.29, 1.82) is 0 Å². The highest BCUT2D eigenvalue weighted by molar-refractivity contribution is 5.92. The molecule has 1 aromatic heterocycles. The topological polar surface area (TPSA) is 79.3 Å². The van der Waals surface area contributed by atoms with Crippen LogP contribution in [0.25, 0.3) is 0 Å². The second-order valence-corrected chi connectivity index (χ2v) is 7.34. The zero-order valence-corrected chi connectivity index (χ0v) is 16.4. The van der Waals surface area contributed by atoms with Gasteiger partial charge in [-0.3, -0.25) is 14.3 Å². The van der Waals surface area contributed by atoms with Crippen LogP contribution in [0.4, 0.5) is 11.4 Å². The van der Waals surface area contributed by atoms with E-state index < -0.39 is 0 Å². The lowest BCUT2D eigenvalue weighted by atomic mass is 10.2. The summed E-state index contributed by atoms with van der Waals surface area (Å²) in [5.74, 6) is -0.133. The van der Waals surface area contributed by atoms with E-state index in [1.807, 2.05) is 37.4 Å². The number of anilines is 2. The summed E-state index contributed by atoms with van der Waals surface area (Å²) in [5.41, 5.74) is 1.95. The number of hydrogen-bond donors (Lipinski definition) is 2. The third-order valence-corrected chi connectivity index (χ3v) is 4.85. The van der Waals surface area contributed by atoms with Gasteiger partial charge in [0.2, 0.25) is 11.8 Å². The number of aryl methyl sites for hydroxylation is 1. The molecule has 1 aliphatic heterocycles. The Balaban J connectivity index is 1.39. The van der Waals surface area contributed by atoms with Gasteiger partial charge in [-0.25, -0.2) is 0 Å². The predicted molar refractivity (Wildman–Crippen MR) is 110 cm³/mol. The Labute approximate surface area is 166 Å². The minimum Gasteiger partial charge on any atom is -0.371 e. The first kappa shape index (κ1) is 19.9. The summed E-state index contributed by atoms with van der Waals surface area (Å²) in [5, 5.41) is 9.95. The first-order chi connectivity index (χ1) is 13.6. The van der Waals surface area contributed by atoms with Crippen molar-refractivity contribution in [2.75, 3.05) is 23.3 Å². The van der Waals surface area contributed by atoms with Crippen LogP contribution in [0.15, 0.2) is 42.7 Å². The second-order valence-electron chi connectivity index (χ2n) is 7.34. The maximum absolute atomic E-state index is 12.3. The van der Waals surface area contributed by atoms with E-state index in [0.717, 1.165) is 30.9 Å². The fraction of sp³-hybridized carbons (Fsp3) is 0.476. The Bertz CT molecular complexity index is 769. The molecular weight excluding hydrogens is 354 g/mol. The highest BCUT2D eigenvalue weighted by Gasteiger charge is 2.14. The van der Waals surface area contributed by atoms with Crippen LogP contribution in [0.2, 0.25) is 0 Å². The van der Waals surface area contributed by atoms with Crippen LogP contribution in [0.3, 0.4) is 0 Å². The minimum absolute atomic E-state index is 0.0384. The molecule has 2 aromatic rings. The van der Waals surface area contributed by atoms with Gasteiger partial charge in [-0.05, 0) is 50.5 Å². The van der Waals surface area contributed by atoms with Crippen LogP contribution in [0, 0.1) is 0 Å². The van der Waals surface area contributed by atoms with Crippen molar-refractivity contribution in [3.05, 3.63) is 42.7 Å². The zero-order chi connectivity index (χ0) is 19.8. The number of nitrogens with one attached hydrogen (secondary N) is 2. The van der Waals surface area contributed by atoms with Gasteiger partial charge in [0.25, 0.3) is 0 Å². The van der Waals surface area contributed by atoms with Gasteiger partial charge < -0.3 is 15.5 Å². The fourth-order valence-electron chi connectivity index (χ4n) is 3.48. The summed E-state index contributed by atoms with van der Waals surface area (Å²) >= 11 is 0. The van der Waals surface area contributed by atoms with Gasteiger partial charge >= 0.3 is 0 Å². The SMILES string of the molecule is CC(CC(=O)Nc1cccc(N2CCCC2)c1)NC(=O)CCCn1cccn1. The molecule has 2 amide bonds. The summed E-state index contributed by atoms with van der Waals surface area (Å²) in [6.45, 7) is 4.70. The molecule has 1 aromatic carbocycles. The molecule has 2 N–H and O–H groups in total. The van der Waals surface area contributed by atoms with Gasteiger partial charge in [0.15, 0.2) is 0 Å². The lowest BCUT2D eigenvalue weighted by Crippen LogP contribution is -2.35. The number of amides is 2. The number of benzene rings is 1. The zero-order valence-electron chi connectivity index (χ0n) is 16.4. The van der Waals surface area contributed by atoms with Crippen LogP contribution in [-0.4, -0.2) is 40.7 Å². The minimum atomic E-state index is -0.209. The molecule has 1 saturated heterocycles. The van der Waals surface area contributed by atoms with Crippen molar-refractivity contribution in [2.24, 2.45) is 0 Å². The summed E-state index contributed by atoms with van der Waals surface area (Å²) in [4.78, 5) is 26.7. The lowest BCUT2D eigenvalue weighted by molar-refractivity contribution is -0.122. The van der Waals surface area contributed by atoms with Crippen molar-refractivity contribution in [2.45, 2.75) is 51.6 Å². The molecule has 28 heavy (non-hydrogen) atoms. The van der Waals surface area contributed by atoms with E-state index in [-0.39, 0.29) is 24.3 Å². The summed E-state index contributed by atoms with van der Waals surface area (Å²) < 4.78 is 1.81. The molecule has 1 fully saturated rings. The molecular formula is C21H29N5O2. The van der Waals surface area contributed by atoms with Crippen LogP contribution in [0.5, 0.6) is 0 Å². The average Bonchev–Trinajstić information content (AvgIpc) is 3.35. The molecule has 2 heterocycles. The van der Waals surface area contributed by atoms with Gasteiger partial charge in [0, 0.05) is 62.3 Å². The molecule has 7 heteroatoms. The van der Waals surface area contributed by atoms with Gasteiger partial charge in [0.05, 0.1) is 0 Å². The van der Waals surface area contributed by atoms with Crippen molar-refractivity contribution < 1.29 is 9.59 Å². The van der Waals surface area contributed by atoms with E-state index in [0.29, 0.717) is 13.0 Å². The summed E-state index contributed by atoms with van der Waals surface area (Å²) in [6.07, 6.45) is 7.43. The molecule has 0 radical (unpaired) electrons. The highest BCUT2D eigenvalue weighted by Crippen LogP contribution is 2.23. The maximum atomic E-state index is 12.3. The second kappa shape index (κ2) is 9.92. The number of carbonyl (C=O) groups is 2. The smallest absolute Gasteiger partial charge is 0.226 e. The van der Waals surface area contributed by atoms with Gasteiger partial charge in [-0.15, -0.1) is 0 Å². The largest absolute Gasteiger partial charge is 0.371 e. The van der Waals surface area contributed by atoms with Crippen LogP contribution in [-0.2, 0) is 16.1 Å². The normalized spacial score (nSPS) is 14.7. The quantitative estimate of drug-likeness (QED) is 0.698. The van der Waals surface area contributed by atoms with E-state index in [2.05, 4.69) is 26.7 Å². The Morgan fingerprint density at radius 3 is 2.75 bits per heavy atom. The first-order valence-corrected chi connectivity index (χ1v) is 10.0. The molecule has 150 valence electrons. The predicted octanol–water partition coefficient (Wildman–Crippen LogP) is 2.80. The van der Waals surface area contributed by atoms with Crippen molar-refractivity contribution in [3.8, 4) is 0 Å². The molecule has 7 nitrogen and oxygen atoms in total. The number of aromatic nitrogens is 2. The first-order valence-electron chi connectivity index (χ1n) is 10.0. The van der Waals surface area contributed by atoms with Gasteiger partial charge in [-0.2, -0.15) is 5.10 Å². The summed E-state index contributed by atoms with van der Waals surface area (Å²) in [6, 6.07) is 9.61. The molecule has 1 unspecified atom stereocenters. The molecule has 0 saturated carbocycles. The van der Waals surface area contributed by atoms with Crippen molar-refractivity contribution in [3.63, 3.8) is 0 Å². The van der Waals surface area contributed by atoms with Crippen molar-refractivity contribution in [1.82, 2.24) is 15.1 Å². The Kier molecular flexibility index (Phi) is 7.06. The average molecular weight is 383 g/mol. The molecule has 1 aliphatic rings. The maximum Gasteiger partial charge on any atom is 0.226 e. The Morgan fingerprint density at radius 1 is 1.18 bits per heavy atom. The van der Waals surface area contributed by atoms with Gasteiger partial charge in [-0.1, -0.05) is 6.07 Å². The molecule has 3 rings (SSSR count). The van der Waals surface area contributed by atoms with E-state index >= 15 is 0 Å². The van der Waals surface area contributed by atoms with Crippen LogP contribution in [0.1, 0.15) is 39.0 Å².